The third-order valence-electron chi connectivity index (χ3n) is 4.47. The summed E-state index contributed by atoms with van der Waals surface area (Å²) >= 11 is 0. The molecule has 0 N–H and O–H groups in total. The second-order valence-corrected chi connectivity index (χ2v) is 6.63. The Kier molecular flexibility index (Phi) is 5.13. The normalized spacial score (nSPS) is 11.9. The molecule has 0 aliphatic carbocycles. The molecule has 1 aromatic heterocycles. The number of aliphatic imine (C=N–C) groups is 1. The Bertz CT molecular complexity index is 1110. The molecule has 3 aromatic rings. The predicted molar refractivity (Wildman–Crippen MR) is 110 cm³/mol. The van der Waals surface area contributed by atoms with Gasteiger partial charge in [0.05, 0.1) is 18.0 Å². The van der Waals surface area contributed by atoms with Crippen LogP contribution in [0.2, 0.25) is 0 Å². The highest BCUT2D eigenvalue weighted by Gasteiger charge is 2.14. The number of nitriles is 1. The Morgan fingerprint density at radius 2 is 1.82 bits per heavy atom. The van der Waals surface area contributed by atoms with Crippen molar-refractivity contribution in [2.45, 2.75) is 19.5 Å². The Labute approximate surface area is 164 Å². The van der Waals surface area contributed by atoms with Crippen LogP contribution >= 0.6 is 0 Å². The molecule has 2 heterocycles. The van der Waals surface area contributed by atoms with Crippen LogP contribution in [-0.4, -0.2) is 16.2 Å². The molecule has 4 rings (SSSR count). The highest BCUT2D eigenvalue weighted by molar-refractivity contribution is 5.65. The van der Waals surface area contributed by atoms with E-state index in [1.165, 1.54) is 5.56 Å². The van der Waals surface area contributed by atoms with Crippen molar-refractivity contribution in [2.24, 2.45) is 4.99 Å². The van der Waals surface area contributed by atoms with Gasteiger partial charge in [0.25, 0.3) is 0 Å². The van der Waals surface area contributed by atoms with Crippen molar-refractivity contribution in [1.29, 1.82) is 5.26 Å². The van der Waals surface area contributed by atoms with Gasteiger partial charge in [-0.25, -0.2) is 9.98 Å². The number of hydrogen-bond donors (Lipinski definition) is 0. The van der Waals surface area contributed by atoms with E-state index < -0.39 is 0 Å². The van der Waals surface area contributed by atoms with Gasteiger partial charge in [0.2, 0.25) is 0 Å². The smallest absolute Gasteiger partial charge is 0.158 e. The zero-order chi connectivity index (χ0) is 19.2. The minimum absolute atomic E-state index is 0.671. The molecular formula is C24H18N4. The van der Waals surface area contributed by atoms with Crippen molar-refractivity contribution in [3.8, 4) is 17.9 Å². The van der Waals surface area contributed by atoms with Crippen molar-refractivity contribution >= 4 is 12.2 Å². The van der Waals surface area contributed by atoms with Gasteiger partial charge in [0, 0.05) is 36.8 Å². The molecule has 0 radical (unpaired) electrons. The van der Waals surface area contributed by atoms with Crippen LogP contribution in [0.15, 0.2) is 71.9 Å². The first-order valence-electron chi connectivity index (χ1n) is 9.09. The fraction of sp³-hybridized carbons (Fsp3) is 0.125. The third-order valence-corrected chi connectivity index (χ3v) is 4.47. The first-order valence-corrected chi connectivity index (χ1v) is 9.09. The van der Waals surface area contributed by atoms with E-state index in [4.69, 9.17) is 5.26 Å². The highest BCUT2D eigenvalue weighted by Crippen LogP contribution is 2.23. The maximum atomic E-state index is 9.06. The van der Waals surface area contributed by atoms with E-state index in [2.05, 4.69) is 51.0 Å². The fourth-order valence-electron chi connectivity index (χ4n) is 3.11. The van der Waals surface area contributed by atoms with E-state index in [1.807, 2.05) is 48.8 Å². The second kappa shape index (κ2) is 8.20. The Hall–Kier alpha value is -3.89. The van der Waals surface area contributed by atoms with Gasteiger partial charge < -0.3 is 4.90 Å². The van der Waals surface area contributed by atoms with Gasteiger partial charge >= 0.3 is 0 Å². The van der Waals surface area contributed by atoms with Crippen molar-refractivity contribution in [1.82, 2.24) is 9.88 Å². The summed E-state index contributed by atoms with van der Waals surface area (Å²) in [5.74, 6) is 7.17. The van der Waals surface area contributed by atoms with Gasteiger partial charge in [0.15, 0.2) is 5.82 Å². The molecule has 0 atom stereocenters. The average molecular weight is 362 g/mol. The Morgan fingerprint density at radius 1 is 0.964 bits per heavy atom. The van der Waals surface area contributed by atoms with Gasteiger partial charge in [-0.15, -0.1) is 0 Å². The molecule has 0 bridgehead atoms. The van der Waals surface area contributed by atoms with Crippen LogP contribution < -0.4 is 0 Å². The van der Waals surface area contributed by atoms with Crippen molar-refractivity contribution in [3.63, 3.8) is 0 Å². The number of fused-ring (bicyclic) bond motifs is 1. The maximum absolute atomic E-state index is 9.06. The molecule has 1 aliphatic rings. The summed E-state index contributed by atoms with van der Waals surface area (Å²) in [6.45, 7) is 1.42. The van der Waals surface area contributed by atoms with E-state index in [-0.39, 0.29) is 0 Å². The lowest BCUT2D eigenvalue weighted by atomic mass is 10.1. The molecule has 0 spiro atoms. The molecule has 0 saturated carbocycles. The molecule has 0 saturated heterocycles. The molecule has 4 heteroatoms. The minimum Gasteiger partial charge on any atom is -0.354 e. The second-order valence-electron chi connectivity index (χ2n) is 6.63. The number of rotatable bonds is 3. The van der Waals surface area contributed by atoms with Crippen LogP contribution in [0, 0.1) is 23.2 Å². The van der Waals surface area contributed by atoms with Gasteiger partial charge in [-0.2, -0.15) is 5.26 Å². The molecular weight excluding hydrogens is 344 g/mol. The number of benzene rings is 2. The average Bonchev–Trinajstić information content (AvgIpc) is 2.74. The lowest BCUT2D eigenvalue weighted by Gasteiger charge is -2.24. The summed E-state index contributed by atoms with van der Waals surface area (Å²) in [6.07, 6.45) is 4.31. The standard InChI is InChI=1S/C24H18N4/c25-14-20-9-5-11-22(12-20)16-28-17-23-13-21(15-26-24(23)27-18-28)10-4-8-19-6-2-1-3-7-19/h1-3,5-7,9,11-13,15,18H,8,16-17H2. The number of pyridine rings is 1. The lowest BCUT2D eigenvalue weighted by Crippen LogP contribution is -2.23. The van der Waals surface area contributed by atoms with Crippen LogP contribution in [0.1, 0.15) is 27.8 Å². The number of hydrogen-bond acceptors (Lipinski definition) is 4. The van der Waals surface area contributed by atoms with Crippen molar-refractivity contribution in [2.75, 3.05) is 0 Å². The molecule has 0 amide bonds. The third kappa shape index (κ3) is 4.26. The number of aromatic nitrogens is 1. The van der Waals surface area contributed by atoms with E-state index in [9.17, 15) is 0 Å². The summed E-state index contributed by atoms with van der Waals surface area (Å²) in [5, 5.41) is 9.06. The van der Waals surface area contributed by atoms with Crippen molar-refractivity contribution in [3.05, 3.63) is 94.7 Å². The molecule has 0 unspecified atom stereocenters. The molecule has 4 nitrogen and oxygen atoms in total. The number of nitrogens with zero attached hydrogens (tertiary/aromatic N) is 4. The van der Waals surface area contributed by atoms with Gasteiger partial charge in [-0.3, -0.25) is 0 Å². The summed E-state index contributed by atoms with van der Waals surface area (Å²) < 4.78 is 0. The molecule has 1 aliphatic heterocycles. The van der Waals surface area contributed by atoms with Gasteiger partial charge in [0.1, 0.15) is 0 Å². The zero-order valence-electron chi connectivity index (χ0n) is 15.3. The van der Waals surface area contributed by atoms with Crippen molar-refractivity contribution < 1.29 is 0 Å². The van der Waals surface area contributed by atoms with Crippen LogP contribution in [0.4, 0.5) is 5.82 Å². The summed E-state index contributed by atoms with van der Waals surface area (Å²) in [7, 11) is 0. The Balaban J connectivity index is 1.46. The first-order chi connectivity index (χ1) is 13.8. The van der Waals surface area contributed by atoms with Crippen LogP contribution in [-0.2, 0) is 19.5 Å². The SMILES string of the molecule is N#Cc1cccc(CN2C=Nc3ncc(C#CCc4ccccc4)cc3C2)c1. The Morgan fingerprint density at radius 3 is 2.68 bits per heavy atom. The topological polar surface area (TPSA) is 52.3 Å². The van der Waals surface area contributed by atoms with E-state index in [0.717, 1.165) is 35.5 Å². The first kappa shape index (κ1) is 17.5. The van der Waals surface area contributed by atoms with Crippen LogP contribution in [0.3, 0.4) is 0 Å². The summed E-state index contributed by atoms with van der Waals surface area (Å²) in [6, 6.07) is 22.1. The van der Waals surface area contributed by atoms with Gasteiger partial charge in [-0.1, -0.05) is 54.3 Å². The summed E-state index contributed by atoms with van der Waals surface area (Å²) in [4.78, 5) is 11.0. The molecule has 2 aromatic carbocycles. The van der Waals surface area contributed by atoms with E-state index in [1.54, 1.807) is 6.20 Å². The minimum atomic E-state index is 0.671. The highest BCUT2D eigenvalue weighted by atomic mass is 15.2. The largest absolute Gasteiger partial charge is 0.354 e. The fourth-order valence-corrected chi connectivity index (χ4v) is 3.11. The van der Waals surface area contributed by atoms with Crippen LogP contribution in [0.25, 0.3) is 0 Å². The van der Waals surface area contributed by atoms with E-state index in [0.29, 0.717) is 12.1 Å². The van der Waals surface area contributed by atoms with Crippen LogP contribution in [0.5, 0.6) is 0 Å². The predicted octanol–water partition coefficient (Wildman–Crippen LogP) is 4.22. The summed E-state index contributed by atoms with van der Waals surface area (Å²) in [5.41, 5.74) is 4.92. The lowest BCUT2D eigenvalue weighted by molar-refractivity contribution is 0.413. The van der Waals surface area contributed by atoms with Gasteiger partial charge in [-0.05, 0) is 29.3 Å². The monoisotopic (exact) mass is 362 g/mol. The maximum Gasteiger partial charge on any atom is 0.158 e. The van der Waals surface area contributed by atoms with E-state index >= 15 is 0 Å². The molecule has 28 heavy (non-hydrogen) atoms. The quantitative estimate of drug-likeness (QED) is 0.656. The zero-order valence-corrected chi connectivity index (χ0v) is 15.3. The molecule has 0 fully saturated rings. The molecule has 134 valence electrons.